The van der Waals surface area contributed by atoms with Crippen LogP contribution >= 0.6 is 11.3 Å². The highest BCUT2D eigenvalue weighted by Crippen LogP contribution is 2.35. The zero-order chi connectivity index (χ0) is 21.8. The summed E-state index contributed by atoms with van der Waals surface area (Å²) >= 11 is 1.56. The van der Waals surface area contributed by atoms with Crippen molar-refractivity contribution >= 4 is 39.7 Å². The molecule has 162 valence electrons. The number of nitrogens with zero attached hydrogens (tertiary/aromatic N) is 2. The summed E-state index contributed by atoms with van der Waals surface area (Å²) in [6.07, 6.45) is 6.00. The van der Waals surface area contributed by atoms with Gasteiger partial charge in [0.15, 0.2) is 11.0 Å². The Hall–Kier alpha value is -2.71. The van der Waals surface area contributed by atoms with Gasteiger partial charge in [-0.1, -0.05) is 19.1 Å². The number of carboxylic acids is 1. The third-order valence-corrected chi connectivity index (χ3v) is 7.51. The van der Waals surface area contributed by atoms with E-state index >= 15 is 0 Å². The molecule has 3 aromatic rings. The molecule has 0 bridgehead atoms. The molecule has 2 heterocycles. The number of thiazole rings is 1. The Morgan fingerprint density at radius 1 is 1.19 bits per heavy atom. The van der Waals surface area contributed by atoms with Crippen LogP contribution in [0, 0.1) is 0 Å². The van der Waals surface area contributed by atoms with E-state index in [1.807, 2.05) is 19.2 Å². The number of rotatable bonds is 7. The summed E-state index contributed by atoms with van der Waals surface area (Å²) in [7, 11) is -1.59. The van der Waals surface area contributed by atoms with E-state index in [9.17, 15) is 14.1 Å². The summed E-state index contributed by atoms with van der Waals surface area (Å²) in [5.41, 5.74) is 5.62. The van der Waals surface area contributed by atoms with Crippen LogP contribution in [0.4, 0.5) is 11.4 Å². The van der Waals surface area contributed by atoms with E-state index in [1.54, 1.807) is 29.0 Å². The minimum Gasteiger partial charge on any atom is -0.478 e. The standard InChI is InChI=1S/C23H25N3O3S2/c1-2-16-6-7-18(23(27)28)13-22(16)31(29)25-19-12-17(21-14-24-15-30-21)8-9-20(19)26-10-4-3-5-11-26/h6-9,12-15,25H,2-5,10-11H2,1H3,(H,27,28). The molecule has 31 heavy (non-hydrogen) atoms. The van der Waals surface area contributed by atoms with Crippen molar-refractivity contribution in [2.45, 2.75) is 37.5 Å². The maximum atomic E-state index is 13.4. The van der Waals surface area contributed by atoms with Crippen molar-refractivity contribution in [3.05, 3.63) is 59.2 Å². The predicted molar refractivity (Wildman–Crippen MR) is 126 cm³/mol. The van der Waals surface area contributed by atoms with Crippen LogP contribution in [0.25, 0.3) is 10.4 Å². The molecular formula is C23H25N3O3S2. The number of carbonyl (C=O) groups is 1. The number of carboxylic acid groups (broad SMARTS) is 1. The zero-order valence-corrected chi connectivity index (χ0v) is 19.0. The van der Waals surface area contributed by atoms with Crippen LogP contribution in [0.15, 0.2) is 53.0 Å². The summed E-state index contributed by atoms with van der Waals surface area (Å²) in [5.74, 6) is -1.03. The summed E-state index contributed by atoms with van der Waals surface area (Å²) < 4.78 is 16.6. The van der Waals surface area contributed by atoms with Gasteiger partial charge in [0, 0.05) is 19.3 Å². The lowest BCUT2D eigenvalue weighted by Crippen LogP contribution is -2.30. The molecule has 0 radical (unpaired) electrons. The summed E-state index contributed by atoms with van der Waals surface area (Å²) in [4.78, 5) is 19.5. The number of nitrogens with one attached hydrogen (secondary N) is 1. The second-order valence-electron chi connectivity index (χ2n) is 7.50. The van der Waals surface area contributed by atoms with Crippen molar-refractivity contribution < 1.29 is 14.1 Å². The van der Waals surface area contributed by atoms with E-state index in [1.165, 1.54) is 12.5 Å². The number of aromatic carboxylic acids is 1. The summed E-state index contributed by atoms with van der Waals surface area (Å²) in [5, 5.41) is 9.37. The lowest BCUT2D eigenvalue weighted by molar-refractivity contribution is 0.0696. The van der Waals surface area contributed by atoms with Crippen LogP contribution in [0.1, 0.15) is 42.1 Å². The number of anilines is 2. The Bertz CT molecular complexity index is 1090. The normalized spacial score (nSPS) is 14.9. The van der Waals surface area contributed by atoms with Gasteiger partial charge in [0.1, 0.15) is 0 Å². The van der Waals surface area contributed by atoms with E-state index in [0.717, 1.165) is 53.3 Å². The average Bonchev–Trinajstić information content (AvgIpc) is 3.34. The minimum absolute atomic E-state index is 0.136. The molecule has 2 aromatic carbocycles. The van der Waals surface area contributed by atoms with Crippen LogP contribution in [0.5, 0.6) is 0 Å². The van der Waals surface area contributed by atoms with Gasteiger partial charge in [0.25, 0.3) is 0 Å². The van der Waals surface area contributed by atoms with Gasteiger partial charge in [0.05, 0.1) is 32.2 Å². The third-order valence-electron chi connectivity index (χ3n) is 5.51. The van der Waals surface area contributed by atoms with E-state index in [0.29, 0.717) is 11.3 Å². The van der Waals surface area contributed by atoms with Gasteiger partial charge in [0.2, 0.25) is 0 Å². The Morgan fingerprint density at radius 2 is 2.00 bits per heavy atom. The van der Waals surface area contributed by atoms with Gasteiger partial charge in [-0.3, -0.25) is 9.71 Å². The Morgan fingerprint density at radius 3 is 2.68 bits per heavy atom. The van der Waals surface area contributed by atoms with E-state index in [2.05, 4.69) is 26.7 Å². The molecular weight excluding hydrogens is 430 g/mol. The molecule has 2 N–H and O–H groups in total. The smallest absolute Gasteiger partial charge is 0.335 e. The highest BCUT2D eigenvalue weighted by Gasteiger charge is 2.19. The molecule has 0 spiro atoms. The highest BCUT2D eigenvalue weighted by atomic mass is 32.2. The largest absolute Gasteiger partial charge is 0.478 e. The van der Waals surface area contributed by atoms with Gasteiger partial charge in [-0.25, -0.2) is 9.00 Å². The summed E-state index contributed by atoms with van der Waals surface area (Å²) in [6, 6.07) is 11.0. The molecule has 1 aromatic heterocycles. The number of aromatic nitrogens is 1. The predicted octanol–water partition coefficient (Wildman–Crippen LogP) is 5.20. The number of hydrogen-bond donors (Lipinski definition) is 2. The molecule has 1 fully saturated rings. The van der Waals surface area contributed by atoms with Crippen LogP contribution in [0.2, 0.25) is 0 Å². The molecule has 1 saturated heterocycles. The maximum absolute atomic E-state index is 13.4. The van der Waals surface area contributed by atoms with Crippen LogP contribution in [-0.4, -0.2) is 33.4 Å². The van der Waals surface area contributed by atoms with Crippen molar-refractivity contribution in [2.24, 2.45) is 0 Å². The zero-order valence-electron chi connectivity index (χ0n) is 17.3. The Labute approximate surface area is 188 Å². The van der Waals surface area contributed by atoms with Crippen molar-refractivity contribution in [3.8, 4) is 10.4 Å². The van der Waals surface area contributed by atoms with Gasteiger partial charge < -0.3 is 10.0 Å². The van der Waals surface area contributed by atoms with Gasteiger partial charge in [-0.05, 0) is 61.1 Å². The first kappa shape index (κ1) is 21.5. The average molecular weight is 456 g/mol. The monoisotopic (exact) mass is 455 g/mol. The van der Waals surface area contributed by atoms with E-state index in [4.69, 9.17) is 0 Å². The highest BCUT2D eigenvalue weighted by molar-refractivity contribution is 7.86. The number of aryl methyl sites for hydroxylation is 1. The Balaban J connectivity index is 1.72. The first-order valence-electron chi connectivity index (χ1n) is 10.4. The van der Waals surface area contributed by atoms with Crippen molar-refractivity contribution in [3.63, 3.8) is 0 Å². The molecule has 6 nitrogen and oxygen atoms in total. The van der Waals surface area contributed by atoms with Crippen LogP contribution < -0.4 is 9.62 Å². The second-order valence-corrected chi connectivity index (χ2v) is 9.57. The molecule has 0 amide bonds. The number of hydrogen-bond acceptors (Lipinski definition) is 5. The SMILES string of the molecule is CCc1ccc(C(=O)O)cc1S(=O)Nc1cc(-c2cncs2)ccc1N1CCCCC1. The topological polar surface area (TPSA) is 82.5 Å². The van der Waals surface area contributed by atoms with Crippen molar-refractivity contribution in [1.82, 2.24) is 4.98 Å². The molecule has 4 rings (SSSR count). The second kappa shape index (κ2) is 9.62. The fraction of sp³-hybridized carbons (Fsp3) is 0.304. The van der Waals surface area contributed by atoms with E-state index in [-0.39, 0.29) is 5.56 Å². The fourth-order valence-electron chi connectivity index (χ4n) is 3.85. The van der Waals surface area contributed by atoms with E-state index < -0.39 is 17.0 Å². The minimum atomic E-state index is -1.59. The Kier molecular flexibility index (Phi) is 6.67. The molecule has 1 atom stereocenters. The van der Waals surface area contributed by atoms with Gasteiger partial charge >= 0.3 is 5.97 Å². The molecule has 0 saturated carbocycles. The number of benzene rings is 2. The quantitative estimate of drug-likeness (QED) is 0.512. The van der Waals surface area contributed by atoms with Crippen molar-refractivity contribution in [2.75, 3.05) is 22.7 Å². The fourth-order valence-corrected chi connectivity index (χ4v) is 5.62. The lowest BCUT2D eigenvalue weighted by Gasteiger charge is -2.31. The third kappa shape index (κ3) is 4.80. The first-order chi connectivity index (χ1) is 15.1. The molecule has 1 aliphatic heterocycles. The summed E-state index contributed by atoms with van der Waals surface area (Å²) in [6.45, 7) is 3.91. The lowest BCUT2D eigenvalue weighted by atomic mass is 10.1. The maximum Gasteiger partial charge on any atom is 0.335 e. The number of piperidine rings is 1. The van der Waals surface area contributed by atoms with Crippen molar-refractivity contribution in [1.29, 1.82) is 0 Å². The molecule has 0 aliphatic carbocycles. The van der Waals surface area contributed by atoms with Gasteiger partial charge in [-0.15, -0.1) is 11.3 Å². The molecule has 1 unspecified atom stereocenters. The van der Waals surface area contributed by atoms with Crippen LogP contribution in [-0.2, 0) is 17.4 Å². The molecule has 8 heteroatoms. The van der Waals surface area contributed by atoms with Gasteiger partial charge in [-0.2, -0.15) is 0 Å². The first-order valence-corrected chi connectivity index (χ1v) is 12.4. The van der Waals surface area contributed by atoms with Crippen LogP contribution in [0.3, 0.4) is 0 Å². The molecule has 1 aliphatic rings.